The van der Waals surface area contributed by atoms with E-state index in [0.29, 0.717) is 18.4 Å². The summed E-state index contributed by atoms with van der Waals surface area (Å²) in [4.78, 5) is 33.8. The Labute approximate surface area is 160 Å². The summed E-state index contributed by atoms with van der Waals surface area (Å²) >= 11 is 0. The first-order valence-electron chi connectivity index (χ1n) is 10.3. The van der Waals surface area contributed by atoms with E-state index in [9.17, 15) is 9.59 Å². The number of likely N-dealkylation sites (tertiary alicyclic amines) is 1. The second-order valence-electron chi connectivity index (χ2n) is 8.22. The van der Waals surface area contributed by atoms with Crippen molar-refractivity contribution in [2.45, 2.75) is 50.5 Å². The van der Waals surface area contributed by atoms with Crippen LogP contribution in [-0.4, -0.2) is 59.9 Å². The van der Waals surface area contributed by atoms with Crippen molar-refractivity contribution in [1.82, 2.24) is 14.8 Å². The van der Waals surface area contributed by atoms with Crippen molar-refractivity contribution >= 4 is 11.9 Å². The van der Waals surface area contributed by atoms with E-state index in [1.165, 1.54) is 19.3 Å². The van der Waals surface area contributed by atoms with Gasteiger partial charge in [-0.15, -0.1) is 0 Å². The lowest BCUT2D eigenvalue weighted by molar-refractivity contribution is -0.137. The summed E-state index contributed by atoms with van der Waals surface area (Å²) in [6, 6.07) is 3.55. The smallest absolute Gasteiger partial charge is 0.341 e. The van der Waals surface area contributed by atoms with Gasteiger partial charge in [0.25, 0.3) is 0 Å². The molecular weight excluding hydrogens is 342 g/mol. The number of piperidine rings is 1. The number of aromatic nitrogens is 1. The van der Waals surface area contributed by atoms with E-state index in [4.69, 9.17) is 4.74 Å². The first kappa shape index (κ1) is 18.4. The fourth-order valence-electron chi connectivity index (χ4n) is 4.78. The molecule has 146 valence electrons. The lowest BCUT2D eigenvalue weighted by Crippen LogP contribution is -2.43. The van der Waals surface area contributed by atoms with Crippen molar-refractivity contribution in [3.05, 3.63) is 29.6 Å². The van der Waals surface area contributed by atoms with Crippen LogP contribution in [0.15, 0.2) is 18.3 Å². The van der Waals surface area contributed by atoms with Crippen LogP contribution in [0.25, 0.3) is 0 Å². The third-order valence-electron chi connectivity index (χ3n) is 6.47. The minimum Gasteiger partial charge on any atom is -0.449 e. The molecule has 1 amide bonds. The van der Waals surface area contributed by atoms with Gasteiger partial charge in [0.15, 0.2) is 5.60 Å². The van der Waals surface area contributed by atoms with Crippen LogP contribution >= 0.6 is 0 Å². The standard InChI is InChI=1S/C21H29N3O3/c1-23(14-15-24-12-3-2-4-13-24)19(25)16-7-9-21(10-8-16)18-17(20(26)27-21)6-5-11-22-18/h5-6,11,16H,2-4,7-10,12-15H2,1H3/t16-,21+. The van der Waals surface area contributed by atoms with Crippen molar-refractivity contribution < 1.29 is 14.3 Å². The number of likely N-dealkylation sites (N-methyl/N-ethyl adjacent to an activating group) is 1. The first-order chi connectivity index (χ1) is 13.1. The van der Waals surface area contributed by atoms with Gasteiger partial charge >= 0.3 is 5.97 Å². The number of ether oxygens (including phenoxy) is 1. The topological polar surface area (TPSA) is 62.7 Å². The number of esters is 1. The Balaban J connectivity index is 1.32. The van der Waals surface area contributed by atoms with Crippen LogP contribution in [0.5, 0.6) is 0 Å². The molecule has 6 heteroatoms. The zero-order valence-electron chi connectivity index (χ0n) is 16.2. The molecule has 0 bridgehead atoms. The molecule has 1 aromatic heterocycles. The second-order valence-corrected chi connectivity index (χ2v) is 8.22. The van der Waals surface area contributed by atoms with Crippen molar-refractivity contribution in [1.29, 1.82) is 0 Å². The quantitative estimate of drug-likeness (QED) is 0.761. The van der Waals surface area contributed by atoms with Crippen LogP contribution in [0.2, 0.25) is 0 Å². The molecule has 0 atom stereocenters. The third-order valence-corrected chi connectivity index (χ3v) is 6.47. The maximum absolute atomic E-state index is 12.9. The molecule has 0 N–H and O–H groups in total. The Morgan fingerprint density at radius 1 is 1.30 bits per heavy atom. The number of fused-ring (bicyclic) bond motifs is 2. The average Bonchev–Trinajstić information content (AvgIpc) is 2.99. The summed E-state index contributed by atoms with van der Waals surface area (Å²) < 4.78 is 5.74. The summed E-state index contributed by atoms with van der Waals surface area (Å²) in [7, 11) is 1.92. The van der Waals surface area contributed by atoms with Gasteiger partial charge in [-0.25, -0.2) is 4.79 Å². The number of hydrogen-bond donors (Lipinski definition) is 0. The van der Waals surface area contributed by atoms with Gasteiger partial charge in [0, 0.05) is 32.3 Å². The molecule has 6 nitrogen and oxygen atoms in total. The first-order valence-corrected chi connectivity index (χ1v) is 10.3. The van der Waals surface area contributed by atoms with Crippen molar-refractivity contribution in [2.75, 3.05) is 33.2 Å². The fourth-order valence-corrected chi connectivity index (χ4v) is 4.78. The number of nitrogens with zero attached hydrogens (tertiary/aromatic N) is 3. The van der Waals surface area contributed by atoms with Gasteiger partial charge < -0.3 is 14.5 Å². The Hall–Kier alpha value is -1.95. The Bertz CT molecular complexity index is 706. The minimum absolute atomic E-state index is 0.0217. The van der Waals surface area contributed by atoms with Crippen LogP contribution in [0.4, 0.5) is 0 Å². The summed E-state index contributed by atoms with van der Waals surface area (Å²) in [6.07, 6.45) is 8.45. The predicted octanol–water partition coefficient (Wildman–Crippen LogP) is 2.58. The van der Waals surface area contributed by atoms with Crippen molar-refractivity contribution in [3.63, 3.8) is 0 Å². The summed E-state index contributed by atoms with van der Waals surface area (Å²) in [5.74, 6) is -0.0256. The van der Waals surface area contributed by atoms with Crippen LogP contribution in [0.3, 0.4) is 0 Å². The number of carbonyl (C=O) groups excluding carboxylic acids is 2. The number of carbonyl (C=O) groups is 2. The second kappa shape index (κ2) is 7.58. The number of hydrogen-bond acceptors (Lipinski definition) is 5. The Morgan fingerprint density at radius 2 is 2.04 bits per heavy atom. The van der Waals surface area contributed by atoms with E-state index in [1.807, 2.05) is 11.9 Å². The van der Waals surface area contributed by atoms with E-state index in [1.54, 1.807) is 18.3 Å². The molecule has 0 aromatic carbocycles. The van der Waals surface area contributed by atoms with Crippen molar-refractivity contribution in [3.8, 4) is 0 Å². The van der Waals surface area contributed by atoms with Gasteiger partial charge in [-0.2, -0.15) is 0 Å². The van der Waals surface area contributed by atoms with Crippen LogP contribution in [0.1, 0.15) is 61.0 Å². The molecule has 1 saturated heterocycles. The molecule has 1 aromatic rings. The zero-order valence-corrected chi connectivity index (χ0v) is 16.2. The van der Waals surface area contributed by atoms with E-state index in [2.05, 4.69) is 9.88 Å². The van der Waals surface area contributed by atoms with Gasteiger partial charge in [-0.1, -0.05) is 6.42 Å². The summed E-state index contributed by atoms with van der Waals surface area (Å²) in [6.45, 7) is 4.07. The molecule has 1 saturated carbocycles. The lowest BCUT2D eigenvalue weighted by Gasteiger charge is -2.36. The SMILES string of the molecule is CN(CCN1CCCCC1)C(=O)[C@H]1CC[C@]2(CC1)OC(=O)c1cccnc12. The van der Waals surface area contributed by atoms with Gasteiger partial charge in [-0.3, -0.25) is 9.78 Å². The fraction of sp³-hybridized carbons (Fsp3) is 0.667. The summed E-state index contributed by atoms with van der Waals surface area (Å²) in [5.41, 5.74) is 0.733. The molecule has 4 rings (SSSR count). The van der Waals surface area contributed by atoms with Crippen LogP contribution < -0.4 is 0 Å². The normalized spacial score (nSPS) is 28.0. The van der Waals surface area contributed by atoms with Gasteiger partial charge in [-0.05, 0) is 63.7 Å². The number of amides is 1. The minimum atomic E-state index is -0.614. The molecule has 1 aliphatic carbocycles. The van der Waals surface area contributed by atoms with Crippen LogP contribution in [-0.2, 0) is 15.1 Å². The molecule has 27 heavy (non-hydrogen) atoms. The molecule has 0 unspecified atom stereocenters. The number of rotatable bonds is 4. The largest absolute Gasteiger partial charge is 0.449 e. The van der Waals surface area contributed by atoms with E-state index in [0.717, 1.165) is 44.7 Å². The lowest BCUT2D eigenvalue weighted by atomic mass is 9.76. The zero-order chi connectivity index (χ0) is 18.9. The number of pyridine rings is 1. The van der Waals surface area contributed by atoms with E-state index in [-0.39, 0.29) is 17.8 Å². The molecule has 2 aliphatic heterocycles. The molecule has 3 aliphatic rings. The van der Waals surface area contributed by atoms with E-state index < -0.39 is 5.60 Å². The summed E-state index contributed by atoms with van der Waals surface area (Å²) in [5, 5.41) is 0. The highest BCUT2D eigenvalue weighted by Gasteiger charge is 2.49. The van der Waals surface area contributed by atoms with Gasteiger partial charge in [0.05, 0.1) is 11.3 Å². The van der Waals surface area contributed by atoms with Gasteiger partial charge in [0.2, 0.25) is 5.91 Å². The molecule has 2 fully saturated rings. The molecular formula is C21H29N3O3. The van der Waals surface area contributed by atoms with Gasteiger partial charge in [0.1, 0.15) is 0 Å². The van der Waals surface area contributed by atoms with Crippen molar-refractivity contribution in [2.24, 2.45) is 5.92 Å². The predicted molar refractivity (Wildman–Crippen MR) is 101 cm³/mol. The molecule has 3 heterocycles. The highest BCUT2D eigenvalue weighted by Crippen LogP contribution is 2.47. The van der Waals surface area contributed by atoms with Crippen LogP contribution in [0, 0.1) is 5.92 Å². The highest BCUT2D eigenvalue weighted by molar-refractivity contribution is 5.94. The maximum Gasteiger partial charge on any atom is 0.341 e. The third kappa shape index (κ3) is 3.59. The molecule has 0 radical (unpaired) electrons. The highest BCUT2D eigenvalue weighted by atomic mass is 16.6. The Kier molecular flexibility index (Phi) is 5.17. The maximum atomic E-state index is 12.9. The molecule has 1 spiro atoms. The Morgan fingerprint density at radius 3 is 2.78 bits per heavy atom. The monoisotopic (exact) mass is 371 g/mol. The van der Waals surface area contributed by atoms with E-state index >= 15 is 0 Å². The average molecular weight is 371 g/mol.